The van der Waals surface area contributed by atoms with Crippen LogP contribution in [-0.4, -0.2) is 35.4 Å². The van der Waals surface area contributed by atoms with Gasteiger partial charge in [0.25, 0.3) is 0 Å². The van der Waals surface area contributed by atoms with E-state index < -0.39 is 5.41 Å². The van der Waals surface area contributed by atoms with Crippen LogP contribution >= 0.6 is 0 Å². The van der Waals surface area contributed by atoms with E-state index >= 15 is 0 Å². The Labute approximate surface area is 200 Å². The van der Waals surface area contributed by atoms with Crippen LogP contribution in [0.15, 0.2) is 73.2 Å². The zero-order valence-electron chi connectivity index (χ0n) is 18.8. The van der Waals surface area contributed by atoms with Crippen molar-refractivity contribution >= 4 is 23.2 Å². The molecule has 1 aliphatic heterocycles. The number of anilines is 2. The van der Waals surface area contributed by atoms with E-state index in [4.69, 9.17) is 10.7 Å². The predicted octanol–water partition coefficient (Wildman–Crippen LogP) is 3.32. The molecule has 0 bridgehead atoms. The largest absolute Gasteiger partial charge is 0.508 e. The molecule has 5 aromatic rings. The third-order valence-corrected chi connectivity index (χ3v) is 6.43. The molecule has 0 fully saturated rings. The number of nitrogen functional groups attached to an aromatic ring is 1. The molecule has 0 unspecified atom stereocenters. The van der Waals surface area contributed by atoms with E-state index in [1.165, 1.54) is 0 Å². The van der Waals surface area contributed by atoms with Gasteiger partial charge in [-0.1, -0.05) is 42.5 Å². The minimum atomic E-state index is -1.14. The molecule has 1 atom stereocenters. The van der Waals surface area contributed by atoms with Crippen LogP contribution in [0, 0.1) is 0 Å². The fourth-order valence-electron chi connectivity index (χ4n) is 4.63. The van der Waals surface area contributed by atoms with Gasteiger partial charge in [0.2, 0.25) is 5.91 Å². The summed E-state index contributed by atoms with van der Waals surface area (Å²) in [5.74, 6) is 0.572. The van der Waals surface area contributed by atoms with Gasteiger partial charge < -0.3 is 20.6 Å². The van der Waals surface area contributed by atoms with E-state index in [1.54, 1.807) is 43.6 Å². The first-order valence-electron chi connectivity index (χ1n) is 11.1. The van der Waals surface area contributed by atoms with Gasteiger partial charge in [0, 0.05) is 25.0 Å². The first-order valence-corrected chi connectivity index (χ1v) is 11.1. The highest BCUT2D eigenvalue weighted by molar-refractivity contribution is 6.09. The van der Waals surface area contributed by atoms with Gasteiger partial charge in [0.1, 0.15) is 28.5 Å². The number of phenolic OH excluding ortho intramolecular Hbond substituents is 1. The summed E-state index contributed by atoms with van der Waals surface area (Å²) >= 11 is 0. The summed E-state index contributed by atoms with van der Waals surface area (Å²) in [7, 11) is 0. The highest BCUT2D eigenvalue weighted by Crippen LogP contribution is 2.45. The number of nitrogens with two attached hydrogens (primary N) is 1. The molecule has 3 aromatic heterocycles. The molecular formula is C26H21N7O2. The number of imidazole rings is 1. The molecule has 4 N–H and O–H groups in total. The van der Waals surface area contributed by atoms with Crippen LogP contribution in [-0.2, 0) is 16.6 Å². The number of nitrogens with one attached hydrogen (secondary N) is 1. The van der Waals surface area contributed by atoms with Crippen molar-refractivity contribution in [2.24, 2.45) is 0 Å². The van der Waals surface area contributed by atoms with Gasteiger partial charge >= 0.3 is 0 Å². The van der Waals surface area contributed by atoms with Gasteiger partial charge in [0.15, 0.2) is 11.5 Å². The summed E-state index contributed by atoms with van der Waals surface area (Å²) < 4.78 is 1.88. The number of carbonyl (C=O) groups excluding carboxylic acids is 1. The molecule has 9 nitrogen and oxygen atoms in total. The van der Waals surface area contributed by atoms with E-state index in [9.17, 15) is 9.90 Å². The molecule has 2 aromatic carbocycles. The number of fused-ring (bicyclic) bond motifs is 2. The lowest BCUT2D eigenvalue weighted by atomic mass is 9.77. The van der Waals surface area contributed by atoms with Gasteiger partial charge in [-0.2, -0.15) is 0 Å². The normalized spacial score (nSPS) is 16.9. The summed E-state index contributed by atoms with van der Waals surface area (Å²) in [4.78, 5) is 31.6. The van der Waals surface area contributed by atoms with E-state index in [0.29, 0.717) is 34.9 Å². The molecule has 0 spiro atoms. The summed E-state index contributed by atoms with van der Waals surface area (Å²) in [5, 5.41) is 12.8. The molecular weight excluding hydrogens is 442 g/mol. The SMILES string of the molecule is C[C@]1(c2cccc(O)c2)C(=O)Nc2nc(-c3cn4ccnc4c(Cc4ccccc4)n3)nc(N)c21. The average molecular weight is 464 g/mol. The van der Waals surface area contributed by atoms with E-state index in [-0.39, 0.29) is 17.5 Å². The zero-order chi connectivity index (χ0) is 24.2. The van der Waals surface area contributed by atoms with Crippen molar-refractivity contribution in [3.05, 3.63) is 95.6 Å². The van der Waals surface area contributed by atoms with Crippen molar-refractivity contribution in [2.45, 2.75) is 18.8 Å². The fourth-order valence-corrected chi connectivity index (χ4v) is 4.63. The van der Waals surface area contributed by atoms with Crippen molar-refractivity contribution in [3.63, 3.8) is 0 Å². The van der Waals surface area contributed by atoms with Crippen LogP contribution in [0.4, 0.5) is 11.6 Å². The number of aromatic nitrogens is 5. The average Bonchev–Trinajstić information content (AvgIpc) is 3.43. The van der Waals surface area contributed by atoms with Crippen molar-refractivity contribution < 1.29 is 9.90 Å². The number of benzene rings is 2. The molecule has 0 radical (unpaired) electrons. The summed E-state index contributed by atoms with van der Waals surface area (Å²) in [5.41, 5.74) is 9.49. The Morgan fingerprint density at radius 1 is 1.09 bits per heavy atom. The van der Waals surface area contributed by atoms with E-state index in [1.807, 2.05) is 40.9 Å². The molecule has 1 amide bonds. The molecule has 1 aliphatic rings. The number of hydrogen-bond acceptors (Lipinski definition) is 7. The zero-order valence-corrected chi connectivity index (χ0v) is 18.8. The van der Waals surface area contributed by atoms with E-state index in [0.717, 1.165) is 16.9 Å². The Kier molecular flexibility index (Phi) is 4.53. The van der Waals surface area contributed by atoms with Crippen LogP contribution in [0.1, 0.15) is 29.3 Å². The Morgan fingerprint density at radius 3 is 2.71 bits per heavy atom. The lowest BCUT2D eigenvalue weighted by molar-refractivity contribution is -0.119. The smallest absolute Gasteiger partial charge is 0.240 e. The molecule has 35 heavy (non-hydrogen) atoms. The molecule has 0 saturated carbocycles. The molecule has 6 rings (SSSR count). The lowest BCUT2D eigenvalue weighted by Crippen LogP contribution is -2.32. The second kappa shape index (κ2) is 7.63. The topological polar surface area (TPSA) is 131 Å². The highest BCUT2D eigenvalue weighted by Gasteiger charge is 2.47. The third kappa shape index (κ3) is 3.28. The monoisotopic (exact) mass is 463 g/mol. The quantitative estimate of drug-likeness (QED) is 0.373. The molecule has 9 heteroatoms. The third-order valence-electron chi connectivity index (χ3n) is 6.43. The summed E-state index contributed by atoms with van der Waals surface area (Å²) in [6.45, 7) is 1.75. The molecule has 172 valence electrons. The van der Waals surface area contributed by atoms with Crippen molar-refractivity contribution in [2.75, 3.05) is 11.1 Å². The number of hydrogen-bond donors (Lipinski definition) is 3. The first kappa shape index (κ1) is 20.8. The van der Waals surface area contributed by atoms with Crippen molar-refractivity contribution in [1.82, 2.24) is 24.3 Å². The molecule has 0 aliphatic carbocycles. The highest BCUT2D eigenvalue weighted by atomic mass is 16.3. The van der Waals surface area contributed by atoms with Crippen LogP contribution in [0.2, 0.25) is 0 Å². The number of carbonyl (C=O) groups is 1. The maximum atomic E-state index is 13.1. The van der Waals surface area contributed by atoms with Gasteiger partial charge in [-0.05, 0) is 30.2 Å². The summed E-state index contributed by atoms with van der Waals surface area (Å²) in [6.07, 6.45) is 5.94. The number of rotatable bonds is 4. The van der Waals surface area contributed by atoms with Crippen LogP contribution < -0.4 is 11.1 Å². The minimum Gasteiger partial charge on any atom is -0.508 e. The van der Waals surface area contributed by atoms with Crippen LogP contribution in [0.3, 0.4) is 0 Å². The molecule has 0 saturated heterocycles. The number of nitrogens with zero attached hydrogens (tertiary/aromatic N) is 5. The maximum Gasteiger partial charge on any atom is 0.240 e. The lowest BCUT2D eigenvalue weighted by Gasteiger charge is -2.23. The van der Waals surface area contributed by atoms with Gasteiger partial charge in [0.05, 0.1) is 11.3 Å². The van der Waals surface area contributed by atoms with Crippen LogP contribution in [0.5, 0.6) is 5.75 Å². The Balaban J connectivity index is 1.47. The second-order valence-corrected chi connectivity index (χ2v) is 8.68. The standard InChI is InChI=1S/C26H21N7O2/c1-26(16-8-5-9-17(34)13-16)20-21(27)30-22(31-23(20)32-25(26)35)19-14-33-11-10-28-24(33)18(29-19)12-15-6-3-2-4-7-15/h2-11,13-14,34H,12H2,1H3,(H3,27,30,31,32,35)/t26-/m1/s1. The van der Waals surface area contributed by atoms with Crippen molar-refractivity contribution in [1.29, 1.82) is 0 Å². The Hall–Kier alpha value is -4.79. The maximum absolute atomic E-state index is 13.1. The summed E-state index contributed by atoms with van der Waals surface area (Å²) in [6, 6.07) is 16.6. The van der Waals surface area contributed by atoms with E-state index in [2.05, 4.69) is 20.3 Å². The van der Waals surface area contributed by atoms with Gasteiger partial charge in [-0.25, -0.2) is 19.9 Å². The Bertz CT molecular complexity index is 1610. The number of amides is 1. The number of phenols is 1. The first-order chi connectivity index (χ1) is 16.9. The second-order valence-electron chi connectivity index (χ2n) is 8.68. The van der Waals surface area contributed by atoms with Crippen molar-refractivity contribution in [3.8, 4) is 17.3 Å². The molecule has 4 heterocycles. The minimum absolute atomic E-state index is 0.0601. The Morgan fingerprint density at radius 2 is 1.91 bits per heavy atom. The predicted molar refractivity (Wildman–Crippen MR) is 131 cm³/mol. The van der Waals surface area contributed by atoms with Gasteiger partial charge in [-0.15, -0.1) is 0 Å². The van der Waals surface area contributed by atoms with Crippen LogP contribution in [0.25, 0.3) is 17.2 Å². The fraction of sp³-hybridized carbons (Fsp3) is 0.115. The van der Waals surface area contributed by atoms with Gasteiger partial charge in [-0.3, -0.25) is 4.79 Å². The number of aromatic hydroxyl groups is 1.